The standard InChI is InChI=1S/C20H25FN6O.CH4/c1-12(2)27-18-17(25-20(27)24-16-6-4-3-5-15(16)21)11-22-19(26-18)23-13-7-9-14(28)10-8-13;/h3-6,11-14,28H,7-10H2,1-2H3,(H,24,25)(H,22,23,26);1H4. The fourth-order valence-electron chi connectivity index (χ4n) is 3.62. The van der Waals surface area contributed by atoms with Crippen molar-refractivity contribution in [3.8, 4) is 0 Å². The predicted molar refractivity (Wildman–Crippen MR) is 114 cm³/mol. The van der Waals surface area contributed by atoms with Crippen LogP contribution in [0.5, 0.6) is 0 Å². The lowest BCUT2D eigenvalue weighted by molar-refractivity contribution is 0.126. The zero-order valence-electron chi connectivity index (χ0n) is 16.1. The lowest BCUT2D eigenvalue weighted by Gasteiger charge is -2.26. The molecule has 0 radical (unpaired) electrons. The van der Waals surface area contributed by atoms with Crippen molar-refractivity contribution in [3.05, 3.63) is 36.3 Å². The van der Waals surface area contributed by atoms with Crippen LogP contribution >= 0.6 is 0 Å². The third kappa shape index (κ3) is 4.48. The van der Waals surface area contributed by atoms with Crippen LogP contribution in [-0.4, -0.2) is 36.8 Å². The third-order valence-corrected chi connectivity index (χ3v) is 5.10. The van der Waals surface area contributed by atoms with Crippen molar-refractivity contribution in [2.24, 2.45) is 0 Å². The molecule has 0 atom stereocenters. The third-order valence-electron chi connectivity index (χ3n) is 5.10. The molecule has 1 aliphatic rings. The largest absolute Gasteiger partial charge is 0.393 e. The number of aliphatic hydroxyl groups is 1. The first-order chi connectivity index (χ1) is 13.5. The van der Waals surface area contributed by atoms with Gasteiger partial charge in [0.1, 0.15) is 11.3 Å². The molecule has 0 spiro atoms. The number of hydrogen-bond donors (Lipinski definition) is 3. The SMILES string of the molecule is C.CC(C)n1c(Nc2ccccc2F)nc2cnc(NC3CCC(O)CC3)nc21. The minimum atomic E-state index is -0.335. The molecule has 0 aliphatic heterocycles. The van der Waals surface area contributed by atoms with Crippen LogP contribution in [0.15, 0.2) is 30.5 Å². The average molecular weight is 401 g/mol. The van der Waals surface area contributed by atoms with Crippen molar-refractivity contribution in [3.63, 3.8) is 0 Å². The average Bonchev–Trinajstić information content (AvgIpc) is 3.03. The number of hydrogen-bond acceptors (Lipinski definition) is 6. The highest BCUT2D eigenvalue weighted by Gasteiger charge is 2.21. The smallest absolute Gasteiger partial charge is 0.224 e. The van der Waals surface area contributed by atoms with E-state index in [1.54, 1.807) is 24.4 Å². The summed E-state index contributed by atoms with van der Waals surface area (Å²) in [6.45, 7) is 4.07. The molecule has 4 rings (SSSR count). The van der Waals surface area contributed by atoms with E-state index in [0.717, 1.165) is 25.7 Å². The fourth-order valence-corrected chi connectivity index (χ4v) is 3.62. The Morgan fingerprint density at radius 3 is 2.55 bits per heavy atom. The van der Waals surface area contributed by atoms with Gasteiger partial charge in [-0.2, -0.15) is 4.98 Å². The summed E-state index contributed by atoms with van der Waals surface area (Å²) in [4.78, 5) is 13.6. The highest BCUT2D eigenvalue weighted by Crippen LogP contribution is 2.27. The summed E-state index contributed by atoms with van der Waals surface area (Å²) in [7, 11) is 0. The molecule has 0 bridgehead atoms. The number of halogens is 1. The maximum Gasteiger partial charge on any atom is 0.224 e. The molecule has 0 unspecified atom stereocenters. The molecule has 3 aromatic rings. The quantitative estimate of drug-likeness (QED) is 0.578. The first-order valence-electron chi connectivity index (χ1n) is 9.72. The van der Waals surface area contributed by atoms with Crippen LogP contribution in [0.4, 0.5) is 22.0 Å². The number of aromatic nitrogens is 4. The maximum absolute atomic E-state index is 14.1. The second-order valence-corrected chi connectivity index (χ2v) is 7.56. The van der Waals surface area contributed by atoms with Gasteiger partial charge in [-0.05, 0) is 51.7 Å². The highest BCUT2D eigenvalue weighted by molar-refractivity contribution is 5.76. The Balaban J connectivity index is 0.00000240. The second kappa shape index (κ2) is 8.73. The number of imidazole rings is 1. The minimum Gasteiger partial charge on any atom is -0.393 e. The lowest BCUT2D eigenvalue weighted by atomic mass is 9.93. The molecule has 1 aliphatic carbocycles. The first kappa shape index (κ1) is 21.0. The van der Waals surface area contributed by atoms with Gasteiger partial charge in [0.05, 0.1) is 18.0 Å². The van der Waals surface area contributed by atoms with E-state index < -0.39 is 0 Å². The molecule has 2 aromatic heterocycles. The van der Waals surface area contributed by atoms with Crippen LogP contribution in [0.3, 0.4) is 0 Å². The Hall–Kier alpha value is -2.74. The number of para-hydroxylation sites is 1. The molecule has 29 heavy (non-hydrogen) atoms. The summed E-state index contributed by atoms with van der Waals surface area (Å²) in [6, 6.07) is 6.85. The molecule has 3 N–H and O–H groups in total. The summed E-state index contributed by atoms with van der Waals surface area (Å²) in [5.41, 5.74) is 1.71. The van der Waals surface area contributed by atoms with Gasteiger partial charge in [-0.15, -0.1) is 0 Å². The summed E-state index contributed by atoms with van der Waals surface area (Å²) >= 11 is 0. The van der Waals surface area contributed by atoms with Crippen molar-refractivity contribution < 1.29 is 9.50 Å². The van der Waals surface area contributed by atoms with Crippen LogP contribution in [-0.2, 0) is 0 Å². The van der Waals surface area contributed by atoms with Gasteiger partial charge in [-0.25, -0.2) is 14.4 Å². The number of anilines is 3. The van der Waals surface area contributed by atoms with Gasteiger partial charge in [-0.1, -0.05) is 19.6 Å². The molecule has 1 fully saturated rings. The molecule has 8 heteroatoms. The fraction of sp³-hybridized carbons (Fsp3) is 0.476. The van der Waals surface area contributed by atoms with Gasteiger partial charge < -0.3 is 15.7 Å². The van der Waals surface area contributed by atoms with Crippen molar-refractivity contribution >= 4 is 28.7 Å². The van der Waals surface area contributed by atoms with Gasteiger partial charge in [-0.3, -0.25) is 4.57 Å². The van der Waals surface area contributed by atoms with Crippen LogP contribution in [0, 0.1) is 5.82 Å². The van der Waals surface area contributed by atoms with E-state index in [0.29, 0.717) is 28.7 Å². The van der Waals surface area contributed by atoms with Gasteiger partial charge in [0, 0.05) is 12.1 Å². The van der Waals surface area contributed by atoms with Gasteiger partial charge in [0.2, 0.25) is 11.9 Å². The van der Waals surface area contributed by atoms with Gasteiger partial charge in [0.15, 0.2) is 5.65 Å². The van der Waals surface area contributed by atoms with E-state index in [2.05, 4.69) is 25.6 Å². The first-order valence-corrected chi connectivity index (χ1v) is 9.72. The molecule has 0 amide bonds. The van der Waals surface area contributed by atoms with Crippen LogP contribution in [0.1, 0.15) is 53.0 Å². The Bertz CT molecular complexity index is 965. The second-order valence-electron chi connectivity index (χ2n) is 7.56. The van der Waals surface area contributed by atoms with Gasteiger partial charge in [0.25, 0.3) is 0 Å². The van der Waals surface area contributed by atoms with E-state index in [-0.39, 0.29) is 31.4 Å². The zero-order valence-corrected chi connectivity index (χ0v) is 16.1. The number of benzene rings is 1. The van der Waals surface area contributed by atoms with Crippen molar-refractivity contribution in [2.45, 2.75) is 65.1 Å². The lowest BCUT2D eigenvalue weighted by Crippen LogP contribution is -2.28. The molecule has 7 nitrogen and oxygen atoms in total. The van der Waals surface area contributed by atoms with Crippen LogP contribution < -0.4 is 10.6 Å². The normalized spacial score (nSPS) is 19.2. The molecular weight excluding hydrogens is 371 g/mol. The van der Waals surface area contributed by atoms with Crippen molar-refractivity contribution in [1.82, 2.24) is 19.5 Å². The van der Waals surface area contributed by atoms with Crippen molar-refractivity contribution in [1.29, 1.82) is 0 Å². The molecule has 1 saturated carbocycles. The molecule has 156 valence electrons. The highest BCUT2D eigenvalue weighted by atomic mass is 19.1. The van der Waals surface area contributed by atoms with Gasteiger partial charge >= 0.3 is 0 Å². The van der Waals surface area contributed by atoms with E-state index in [4.69, 9.17) is 0 Å². The van der Waals surface area contributed by atoms with Crippen LogP contribution in [0.25, 0.3) is 11.2 Å². The Kier molecular flexibility index (Phi) is 6.32. The van der Waals surface area contributed by atoms with Crippen molar-refractivity contribution in [2.75, 3.05) is 10.6 Å². The predicted octanol–water partition coefficient (Wildman–Crippen LogP) is 4.64. The van der Waals surface area contributed by atoms with Crippen LogP contribution in [0.2, 0.25) is 0 Å². The Morgan fingerprint density at radius 2 is 1.86 bits per heavy atom. The molecule has 1 aromatic carbocycles. The summed E-state index contributed by atoms with van der Waals surface area (Å²) in [6.07, 6.45) is 4.86. The van der Waals surface area contributed by atoms with E-state index in [1.807, 2.05) is 18.4 Å². The topological polar surface area (TPSA) is 87.9 Å². The monoisotopic (exact) mass is 400 g/mol. The van der Waals surface area contributed by atoms with E-state index in [9.17, 15) is 9.50 Å². The summed E-state index contributed by atoms with van der Waals surface area (Å²) in [5, 5.41) is 16.1. The van der Waals surface area contributed by atoms with E-state index in [1.165, 1.54) is 6.07 Å². The maximum atomic E-state index is 14.1. The minimum absolute atomic E-state index is 0. The number of nitrogens with zero attached hydrogens (tertiary/aromatic N) is 4. The molecule has 2 heterocycles. The molecule has 0 saturated heterocycles. The number of fused-ring (bicyclic) bond motifs is 1. The Morgan fingerprint density at radius 1 is 1.14 bits per heavy atom. The summed E-state index contributed by atoms with van der Waals surface area (Å²) < 4.78 is 16.0. The molecular formula is C21H29FN6O. The number of rotatable bonds is 5. The zero-order chi connectivity index (χ0) is 19.7. The number of nitrogens with one attached hydrogen (secondary N) is 2. The summed E-state index contributed by atoms with van der Waals surface area (Å²) in [5.74, 6) is 0.744. The van der Waals surface area contributed by atoms with E-state index >= 15 is 0 Å². The number of aliphatic hydroxyl groups excluding tert-OH is 1. The Labute approximate surface area is 170 Å².